The number of nitrogens with zero attached hydrogens (tertiary/aromatic N) is 2. The molecule has 3 nitrogen and oxygen atoms in total. The highest BCUT2D eigenvalue weighted by atomic mass is 16.5. The van der Waals surface area contributed by atoms with Crippen LogP contribution in [-0.4, -0.2) is 63.3 Å². The molecule has 1 atom stereocenters. The van der Waals surface area contributed by atoms with Crippen molar-refractivity contribution >= 4 is 0 Å². The standard InChI is InChI=1S/C20H37N2O/c1-7-21(4)13-11-18(2)12-14-22(5,6)15-16-23-20-10-8-9-19(3)17-20/h8-10,17-18H,7,11-16H2,1-6H3/q+1. The lowest BCUT2D eigenvalue weighted by atomic mass is 10.0. The molecule has 0 aliphatic rings. The Balaban J connectivity index is 2.24. The van der Waals surface area contributed by atoms with Crippen LogP contribution < -0.4 is 4.74 Å². The molecule has 0 heterocycles. The Morgan fingerprint density at radius 3 is 2.57 bits per heavy atom. The summed E-state index contributed by atoms with van der Waals surface area (Å²) in [5.74, 6) is 1.78. The summed E-state index contributed by atoms with van der Waals surface area (Å²) in [6, 6.07) is 8.30. The number of quaternary nitrogens is 1. The first-order chi connectivity index (χ1) is 10.8. The summed E-state index contributed by atoms with van der Waals surface area (Å²) in [5, 5.41) is 0. The lowest BCUT2D eigenvalue weighted by Crippen LogP contribution is -2.44. The molecule has 0 aliphatic heterocycles. The van der Waals surface area contributed by atoms with Gasteiger partial charge < -0.3 is 14.1 Å². The van der Waals surface area contributed by atoms with Crippen molar-refractivity contribution in [3.8, 4) is 5.75 Å². The van der Waals surface area contributed by atoms with E-state index in [1.807, 2.05) is 6.07 Å². The number of hydrogen-bond donors (Lipinski definition) is 0. The fourth-order valence-corrected chi connectivity index (χ4v) is 2.54. The fourth-order valence-electron chi connectivity index (χ4n) is 2.54. The SMILES string of the molecule is CCN(C)CCC(C)CC[N+](C)(C)CCOc1cccc(C)c1. The maximum atomic E-state index is 5.90. The lowest BCUT2D eigenvalue weighted by Gasteiger charge is -2.31. The van der Waals surface area contributed by atoms with Gasteiger partial charge in [0.15, 0.2) is 0 Å². The van der Waals surface area contributed by atoms with Crippen LogP contribution in [0, 0.1) is 12.8 Å². The predicted molar refractivity (Wildman–Crippen MR) is 100 cm³/mol. The molecule has 0 amide bonds. The second kappa shape index (κ2) is 9.94. The van der Waals surface area contributed by atoms with Crippen molar-refractivity contribution in [3.05, 3.63) is 29.8 Å². The number of likely N-dealkylation sites (N-methyl/N-ethyl adjacent to an activating group) is 1. The van der Waals surface area contributed by atoms with Crippen LogP contribution in [0.2, 0.25) is 0 Å². The molecular formula is C20H37N2O+. The molecule has 132 valence electrons. The average Bonchev–Trinajstić information content (AvgIpc) is 2.50. The minimum atomic E-state index is 0.781. The van der Waals surface area contributed by atoms with Gasteiger partial charge in [0.25, 0.3) is 0 Å². The number of aryl methyl sites for hydroxylation is 1. The first kappa shape index (κ1) is 20.0. The molecule has 1 aromatic rings. The molecule has 0 saturated carbocycles. The van der Waals surface area contributed by atoms with Gasteiger partial charge in [-0.1, -0.05) is 26.0 Å². The molecule has 0 spiro atoms. The second-order valence-corrected chi connectivity index (χ2v) is 7.63. The van der Waals surface area contributed by atoms with Crippen molar-refractivity contribution in [1.82, 2.24) is 4.90 Å². The van der Waals surface area contributed by atoms with Crippen LogP contribution in [0.1, 0.15) is 32.3 Å². The van der Waals surface area contributed by atoms with E-state index < -0.39 is 0 Å². The quantitative estimate of drug-likeness (QED) is 0.575. The third kappa shape index (κ3) is 8.97. The third-order valence-electron chi connectivity index (χ3n) is 4.73. The Labute approximate surface area is 143 Å². The van der Waals surface area contributed by atoms with Crippen LogP contribution in [0.15, 0.2) is 24.3 Å². The predicted octanol–water partition coefficient (Wildman–Crippen LogP) is 3.82. The van der Waals surface area contributed by atoms with Crippen LogP contribution in [0.5, 0.6) is 5.75 Å². The van der Waals surface area contributed by atoms with Gasteiger partial charge in [-0.2, -0.15) is 0 Å². The fraction of sp³-hybridized carbons (Fsp3) is 0.700. The van der Waals surface area contributed by atoms with Crippen LogP contribution in [-0.2, 0) is 0 Å². The third-order valence-corrected chi connectivity index (χ3v) is 4.73. The van der Waals surface area contributed by atoms with Crippen molar-refractivity contribution in [1.29, 1.82) is 0 Å². The van der Waals surface area contributed by atoms with E-state index in [1.54, 1.807) is 0 Å². The molecule has 0 aromatic heterocycles. The number of benzene rings is 1. The highest BCUT2D eigenvalue weighted by molar-refractivity contribution is 5.27. The van der Waals surface area contributed by atoms with E-state index in [1.165, 1.54) is 31.5 Å². The van der Waals surface area contributed by atoms with Gasteiger partial charge in [0.05, 0.1) is 20.6 Å². The van der Waals surface area contributed by atoms with Crippen LogP contribution >= 0.6 is 0 Å². The Hall–Kier alpha value is -1.06. The highest BCUT2D eigenvalue weighted by Crippen LogP contribution is 2.14. The molecule has 23 heavy (non-hydrogen) atoms. The van der Waals surface area contributed by atoms with Crippen LogP contribution in [0.3, 0.4) is 0 Å². The summed E-state index contributed by atoms with van der Waals surface area (Å²) < 4.78 is 6.93. The number of ether oxygens (including phenoxy) is 1. The molecule has 1 rings (SSSR count). The van der Waals surface area contributed by atoms with Gasteiger partial charge in [-0.15, -0.1) is 0 Å². The Kier molecular flexibility index (Phi) is 8.64. The maximum absolute atomic E-state index is 5.90. The zero-order valence-corrected chi connectivity index (χ0v) is 16.1. The zero-order valence-electron chi connectivity index (χ0n) is 16.1. The van der Waals surface area contributed by atoms with Crippen LogP contribution in [0.4, 0.5) is 0 Å². The minimum absolute atomic E-state index is 0.781. The zero-order chi connectivity index (χ0) is 17.3. The summed E-state index contributed by atoms with van der Waals surface area (Å²) in [6.07, 6.45) is 2.58. The second-order valence-electron chi connectivity index (χ2n) is 7.63. The summed E-state index contributed by atoms with van der Waals surface area (Å²) >= 11 is 0. The largest absolute Gasteiger partial charge is 0.488 e. The van der Waals surface area contributed by atoms with E-state index in [-0.39, 0.29) is 0 Å². The summed E-state index contributed by atoms with van der Waals surface area (Å²) in [6.45, 7) is 12.1. The average molecular weight is 322 g/mol. The first-order valence-electron chi connectivity index (χ1n) is 9.02. The monoisotopic (exact) mass is 321 g/mol. The topological polar surface area (TPSA) is 12.5 Å². The minimum Gasteiger partial charge on any atom is -0.488 e. The van der Waals surface area contributed by atoms with E-state index >= 15 is 0 Å². The molecule has 0 bridgehead atoms. The normalized spacial score (nSPS) is 13.3. The van der Waals surface area contributed by atoms with E-state index in [9.17, 15) is 0 Å². The van der Waals surface area contributed by atoms with Gasteiger partial charge in [0, 0.05) is 0 Å². The molecule has 0 radical (unpaired) electrons. The van der Waals surface area contributed by atoms with E-state index in [0.717, 1.165) is 35.8 Å². The van der Waals surface area contributed by atoms with E-state index in [2.05, 4.69) is 65.0 Å². The summed E-state index contributed by atoms with van der Waals surface area (Å²) in [7, 11) is 6.82. The maximum Gasteiger partial charge on any atom is 0.137 e. The van der Waals surface area contributed by atoms with Crippen molar-refractivity contribution in [2.75, 3.05) is 53.9 Å². The smallest absolute Gasteiger partial charge is 0.137 e. The number of rotatable bonds is 11. The molecular weight excluding hydrogens is 284 g/mol. The molecule has 0 saturated heterocycles. The van der Waals surface area contributed by atoms with Gasteiger partial charge in [0.2, 0.25) is 0 Å². The summed E-state index contributed by atoms with van der Waals surface area (Å²) in [5.41, 5.74) is 1.25. The van der Waals surface area contributed by atoms with E-state index in [0.29, 0.717) is 0 Å². The molecule has 1 unspecified atom stereocenters. The van der Waals surface area contributed by atoms with Gasteiger partial charge >= 0.3 is 0 Å². The van der Waals surface area contributed by atoms with Crippen molar-refractivity contribution < 1.29 is 9.22 Å². The van der Waals surface area contributed by atoms with Gasteiger partial charge in [0.1, 0.15) is 18.9 Å². The van der Waals surface area contributed by atoms with Crippen molar-refractivity contribution in [2.45, 2.75) is 33.6 Å². The van der Waals surface area contributed by atoms with Gasteiger partial charge in [-0.25, -0.2) is 0 Å². The van der Waals surface area contributed by atoms with Crippen LogP contribution in [0.25, 0.3) is 0 Å². The van der Waals surface area contributed by atoms with E-state index in [4.69, 9.17) is 4.74 Å². The molecule has 0 N–H and O–H groups in total. The lowest BCUT2D eigenvalue weighted by molar-refractivity contribution is -0.890. The van der Waals surface area contributed by atoms with Crippen molar-refractivity contribution in [3.63, 3.8) is 0 Å². The molecule has 3 heteroatoms. The van der Waals surface area contributed by atoms with Crippen molar-refractivity contribution in [2.24, 2.45) is 5.92 Å². The highest BCUT2D eigenvalue weighted by Gasteiger charge is 2.17. The Bertz CT molecular complexity index is 445. The Morgan fingerprint density at radius 1 is 1.17 bits per heavy atom. The first-order valence-corrected chi connectivity index (χ1v) is 9.02. The van der Waals surface area contributed by atoms with Gasteiger partial charge in [-0.3, -0.25) is 0 Å². The number of hydrogen-bond acceptors (Lipinski definition) is 2. The summed E-state index contributed by atoms with van der Waals surface area (Å²) in [4.78, 5) is 2.40. The molecule has 1 aromatic carbocycles. The Morgan fingerprint density at radius 2 is 1.91 bits per heavy atom. The molecule has 0 aliphatic carbocycles. The van der Waals surface area contributed by atoms with Gasteiger partial charge in [-0.05, 0) is 63.5 Å². The molecule has 0 fully saturated rings.